The van der Waals surface area contributed by atoms with Crippen molar-refractivity contribution in [3.05, 3.63) is 35.5 Å². The van der Waals surface area contributed by atoms with E-state index in [0.717, 1.165) is 0 Å². The predicted octanol–water partition coefficient (Wildman–Crippen LogP) is 9.27. The zero-order chi connectivity index (χ0) is 32.6. The van der Waals surface area contributed by atoms with E-state index in [0.29, 0.717) is 0 Å². The number of carbonyl (C=O) groups is 3. The fraction of sp³-hybridized carbons (Fsp3) is 0.727. The summed E-state index contributed by atoms with van der Waals surface area (Å²) in [6.45, 7) is 33.3. The van der Waals surface area contributed by atoms with E-state index in [4.69, 9.17) is 0 Å². The van der Waals surface area contributed by atoms with Crippen LogP contribution in [0.15, 0.2) is 35.5 Å². The van der Waals surface area contributed by atoms with Crippen molar-refractivity contribution in [1.82, 2.24) is 0 Å². The van der Waals surface area contributed by atoms with E-state index in [-0.39, 0.29) is 83.6 Å². The summed E-state index contributed by atoms with van der Waals surface area (Å²) in [7, 11) is 0. The molecule has 6 nitrogen and oxygen atoms in total. The summed E-state index contributed by atoms with van der Waals surface area (Å²) in [6.07, 6.45) is 4.00. The Morgan fingerprint density at radius 3 is 0.550 bits per heavy atom. The van der Waals surface area contributed by atoms with E-state index in [9.17, 15) is 29.7 Å². The van der Waals surface area contributed by atoms with Crippen molar-refractivity contribution in [2.45, 2.75) is 125 Å². The van der Waals surface area contributed by atoms with Crippen molar-refractivity contribution in [2.75, 3.05) is 0 Å². The number of allylic oxidation sites excluding steroid dienone is 6. The van der Waals surface area contributed by atoms with Crippen LogP contribution in [0.4, 0.5) is 0 Å². The van der Waals surface area contributed by atoms with Gasteiger partial charge in [-0.05, 0) is 0 Å². The molecule has 231 valence electrons. The van der Waals surface area contributed by atoms with Crippen LogP contribution in [-0.4, -0.2) is 32.7 Å². The van der Waals surface area contributed by atoms with Gasteiger partial charge in [-0.1, -0.05) is 125 Å². The maximum atomic E-state index is 11.5. The van der Waals surface area contributed by atoms with Gasteiger partial charge in [0.2, 0.25) is 0 Å². The second-order valence-corrected chi connectivity index (χ2v) is 16.2. The fourth-order valence-electron chi connectivity index (χ4n) is 1.67. The summed E-state index contributed by atoms with van der Waals surface area (Å²) in [5.74, 6) is 0.312. The molecule has 0 aromatic heterocycles. The van der Waals surface area contributed by atoms with Crippen molar-refractivity contribution in [2.24, 2.45) is 32.5 Å². The molecule has 0 aliphatic rings. The first-order valence-electron chi connectivity index (χ1n) is 13.5. The quantitative estimate of drug-likeness (QED) is 0.209. The van der Waals surface area contributed by atoms with Crippen molar-refractivity contribution in [1.29, 1.82) is 0 Å². The molecule has 1 radical (unpaired) electrons. The molecule has 40 heavy (non-hydrogen) atoms. The van der Waals surface area contributed by atoms with E-state index >= 15 is 0 Å². The van der Waals surface area contributed by atoms with Gasteiger partial charge in [0, 0.05) is 83.4 Å². The van der Waals surface area contributed by atoms with Crippen molar-refractivity contribution < 1.29 is 62.4 Å². The van der Waals surface area contributed by atoms with Gasteiger partial charge in [-0.3, -0.25) is 14.4 Å². The van der Waals surface area contributed by atoms with E-state index < -0.39 is 16.2 Å². The molecule has 0 aliphatic heterocycles. The molecule has 0 aromatic rings. The Morgan fingerprint density at radius 2 is 0.475 bits per heavy atom. The van der Waals surface area contributed by atoms with Crippen LogP contribution in [0.25, 0.3) is 0 Å². The first-order chi connectivity index (χ1) is 16.6. The minimum absolute atomic E-state index is 0. The van der Waals surface area contributed by atoms with Gasteiger partial charge in [-0.15, -0.1) is 0 Å². The van der Waals surface area contributed by atoms with Crippen LogP contribution in [0.3, 0.4) is 0 Å². The summed E-state index contributed by atoms with van der Waals surface area (Å²) in [6, 6.07) is 0. The summed E-state index contributed by atoms with van der Waals surface area (Å²) < 4.78 is 0. The molecule has 0 spiro atoms. The predicted molar refractivity (Wildman–Crippen MR) is 164 cm³/mol. The van der Waals surface area contributed by atoms with Crippen LogP contribution in [0.2, 0.25) is 0 Å². The Labute approximate surface area is 271 Å². The van der Waals surface area contributed by atoms with Gasteiger partial charge in [0.05, 0.1) is 0 Å². The third-order valence-electron chi connectivity index (χ3n) is 5.33. The smallest absolute Gasteiger partial charge is 0.164 e. The second-order valence-electron chi connectivity index (χ2n) is 16.2. The molecule has 0 rings (SSSR count). The molecule has 0 aromatic carbocycles. The number of hydrogen-bond donors (Lipinski definition) is 3. The van der Waals surface area contributed by atoms with Gasteiger partial charge in [0.15, 0.2) is 17.3 Å². The van der Waals surface area contributed by atoms with Gasteiger partial charge in [0.25, 0.3) is 0 Å². The van der Waals surface area contributed by atoms with Crippen LogP contribution in [-0.2, 0) is 47.1 Å². The fourth-order valence-corrected chi connectivity index (χ4v) is 1.67. The molecule has 0 heterocycles. The van der Waals surface area contributed by atoms with E-state index in [2.05, 4.69) is 0 Å². The molecular formula is C33H60O6Y. The maximum absolute atomic E-state index is 11.5. The minimum Gasteiger partial charge on any atom is -0.512 e. The Morgan fingerprint density at radius 1 is 0.350 bits per heavy atom. The van der Waals surface area contributed by atoms with Crippen molar-refractivity contribution in [3.63, 3.8) is 0 Å². The number of ketones is 3. The molecule has 0 amide bonds. The van der Waals surface area contributed by atoms with Gasteiger partial charge in [-0.25, -0.2) is 0 Å². The number of rotatable bonds is 3. The van der Waals surface area contributed by atoms with Crippen LogP contribution >= 0.6 is 0 Å². The number of carbonyl (C=O) groups excluding carboxylic acids is 3. The summed E-state index contributed by atoms with van der Waals surface area (Å²) in [5, 5.41) is 28.7. The third-order valence-corrected chi connectivity index (χ3v) is 5.33. The number of aliphatic hydroxyl groups excluding tert-OH is 3. The molecule has 0 bridgehead atoms. The summed E-state index contributed by atoms with van der Waals surface area (Å²) in [4.78, 5) is 34.5. The third kappa shape index (κ3) is 21.5. The van der Waals surface area contributed by atoms with Gasteiger partial charge < -0.3 is 15.3 Å². The van der Waals surface area contributed by atoms with E-state index in [1.807, 2.05) is 125 Å². The summed E-state index contributed by atoms with van der Waals surface area (Å²) in [5.41, 5.74) is -2.29. The molecule has 0 atom stereocenters. The topological polar surface area (TPSA) is 112 Å². The Bertz CT molecular complexity index is 801. The Balaban J connectivity index is -0.000000240. The first kappa shape index (κ1) is 45.7. The molecule has 3 N–H and O–H groups in total. The Hall–Kier alpha value is -1.27. The summed E-state index contributed by atoms with van der Waals surface area (Å²) >= 11 is 0. The zero-order valence-electron chi connectivity index (χ0n) is 28.9. The first-order valence-corrected chi connectivity index (χ1v) is 13.5. The number of hydrogen-bond acceptors (Lipinski definition) is 6. The molecule has 0 unspecified atom stereocenters. The van der Waals surface area contributed by atoms with Crippen LogP contribution < -0.4 is 0 Å². The van der Waals surface area contributed by atoms with Gasteiger partial charge in [0.1, 0.15) is 17.3 Å². The second kappa shape index (κ2) is 16.4. The number of aliphatic hydroxyl groups is 3. The average molecular weight is 642 g/mol. The van der Waals surface area contributed by atoms with Gasteiger partial charge >= 0.3 is 0 Å². The molecule has 7 heteroatoms. The molecule has 0 aliphatic carbocycles. The van der Waals surface area contributed by atoms with Crippen LogP contribution in [0.5, 0.6) is 0 Å². The zero-order valence-corrected chi connectivity index (χ0v) is 31.7. The average Bonchev–Trinajstić information content (AvgIpc) is 2.64. The molecular weight excluding hydrogens is 581 g/mol. The molecule has 0 saturated heterocycles. The monoisotopic (exact) mass is 641 g/mol. The normalized spacial score (nSPS) is 14.1. The Kier molecular flexibility index (Phi) is 18.7. The largest absolute Gasteiger partial charge is 0.512 e. The van der Waals surface area contributed by atoms with Crippen LogP contribution in [0.1, 0.15) is 125 Å². The molecule has 0 fully saturated rings. The standard InChI is InChI=1S/3C11H20O2.Y/c3*1-10(2,3)8(12)7-9(13)11(4,5)6;/h3*7,12H,1-6H3;/b3*8-7-;. The van der Waals surface area contributed by atoms with Crippen LogP contribution in [0, 0.1) is 32.5 Å². The minimum atomic E-state index is -0.417. The van der Waals surface area contributed by atoms with E-state index in [1.54, 1.807) is 0 Å². The maximum Gasteiger partial charge on any atom is 0.164 e. The SMILES string of the molecule is CC(C)(C)C(=O)/C=C(\O)C(C)(C)C.CC(C)(C)C(=O)/C=C(\O)C(C)(C)C.CC(C)(C)C(=O)/C=C(\O)C(C)(C)C.[Y]. The van der Waals surface area contributed by atoms with Crippen molar-refractivity contribution in [3.8, 4) is 0 Å². The van der Waals surface area contributed by atoms with E-state index in [1.165, 1.54) is 18.2 Å². The van der Waals surface area contributed by atoms with Crippen molar-refractivity contribution >= 4 is 17.3 Å². The van der Waals surface area contributed by atoms with Gasteiger partial charge in [-0.2, -0.15) is 0 Å². The molecule has 0 saturated carbocycles.